The molecule has 1 aliphatic carbocycles. The Morgan fingerprint density at radius 2 is 1.88 bits per heavy atom. The summed E-state index contributed by atoms with van der Waals surface area (Å²) in [7, 11) is 0. The molecule has 0 aliphatic heterocycles. The van der Waals surface area contributed by atoms with Crippen LogP contribution in [0.5, 0.6) is 0 Å². The molecule has 1 aliphatic rings. The van der Waals surface area contributed by atoms with Gasteiger partial charge in [-0.25, -0.2) is 0 Å². The summed E-state index contributed by atoms with van der Waals surface area (Å²) in [4.78, 5) is 11.3. The van der Waals surface area contributed by atoms with Crippen molar-refractivity contribution >= 4 is 24.0 Å². The molecule has 0 aromatic heterocycles. The van der Waals surface area contributed by atoms with E-state index in [1.165, 1.54) is 29.5 Å². The van der Waals surface area contributed by atoms with E-state index in [1.807, 2.05) is 12.1 Å². The summed E-state index contributed by atoms with van der Waals surface area (Å²) in [5, 5.41) is 6.69. The Morgan fingerprint density at radius 1 is 1.08 bits per heavy atom. The van der Waals surface area contributed by atoms with Crippen LogP contribution in [-0.2, 0) is 24.1 Å². The fraction of sp³-hybridized carbons (Fsp3) is 0.409. The summed E-state index contributed by atoms with van der Waals surface area (Å²) in [6.45, 7) is 2.65. The Hall–Kier alpha value is -1.84. The number of hydrogen-bond acceptors (Lipinski definition) is 2. The van der Waals surface area contributed by atoms with E-state index in [0.29, 0.717) is 6.04 Å². The second kappa shape index (κ2) is 10.3. The van der Waals surface area contributed by atoms with Crippen molar-refractivity contribution in [3.63, 3.8) is 0 Å². The Balaban J connectivity index is 0.00000243. The van der Waals surface area contributed by atoms with Crippen LogP contribution in [0.1, 0.15) is 42.9 Å². The first kappa shape index (κ1) is 20.5. The van der Waals surface area contributed by atoms with E-state index in [-0.39, 0.29) is 18.3 Å². The molecule has 0 fully saturated rings. The third kappa shape index (κ3) is 5.86. The predicted molar refractivity (Wildman–Crippen MR) is 111 cm³/mol. The lowest BCUT2D eigenvalue weighted by atomic mass is 9.87. The maximum atomic E-state index is 11.3. The molecule has 140 valence electrons. The number of anilines is 1. The summed E-state index contributed by atoms with van der Waals surface area (Å²) in [5.41, 5.74) is 5.12. The van der Waals surface area contributed by atoms with Gasteiger partial charge in [-0.2, -0.15) is 0 Å². The molecule has 1 unspecified atom stereocenters. The molecule has 0 radical (unpaired) electrons. The molecule has 26 heavy (non-hydrogen) atoms. The predicted octanol–water partition coefficient (Wildman–Crippen LogP) is 4.54. The highest BCUT2D eigenvalue weighted by atomic mass is 35.5. The lowest BCUT2D eigenvalue weighted by Crippen LogP contribution is -2.35. The molecular weight excluding hydrogens is 344 g/mol. The SMILES string of the molecule is CC(=O)Nc1cccc2c1CCC(NCCCCc1ccccc1)C2.Cl. The van der Waals surface area contributed by atoms with Gasteiger partial charge in [-0.3, -0.25) is 4.79 Å². The van der Waals surface area contributed by atoms with Crippen LogP contribution in [0.15, 0.2) is 48.5 Å². The van der Waals surface area contributed by atoms with Crippen molar-refractivity contribution in [2.75, 3.05) is 11.9 Å². The number of rotatable bonds is 7. The zero-order valence-corrected chi connectivity index (χ0v) is 16.3. The normalized spacial score (nSPS) is 15.7. The van der Waals surface area contributed by atoms with Crippen molar-refractivity contribution in [3.8, 4) is 0 Å². The number of benzene rings is 2. The third-order valence-corrected chi connectivity index (χ3v) is 4.96. The van der Waals surface area contributed by atoms with Crippen molar-refractivity contribution in [1.82, 2.24) is 5.32 Å². The number of fused-ring (bicyclic) bond motifs is 1. The highest BCUT2D eigenvalue weighted by molar-refractivity contribution is 5.89. The second-order valence-corrected chi connectivity index (χ2v) is 6.96. The molecule has 3 rings (SSSR count). The summed E-state index contributed by atoms with van der Waals surface area (Å²) in [6, 6.07) is 17.5. The second-order valence-electron chi connectivity index (χ2n) is 6.96. The van der Waals surface area contributed by atoms with Crippen molar-refractivity contribution < 1.29 is 4.79 Å². The third-order valence-electron chi connectivity index (χ3n) is 4.96. The number of hydrogen-bond donors (Lipinski definition) is 2. The molecule has 0 bridgehead atoms. The van der Waals surface area contributed by atoms with Crippen LogP contribution < -0.4 is 10.6 Å². The Bertz CT molecular complexity index is 703. The highest BCUT2D eigenvalue weighted by Crippen LogP contribution is 2.28. The van der Waals surface area contributed by atoms with E-state index in [2.05, 4.69) is 47.0 Å². The zero-order valence-electron chi connectivity index (χ0n) is 15.5. The van der Waals surface area contributed by atoms with Crippen LogP contribution in [0.3, 0.4) is 0 Å². The topological polar surface area (TPSA) is 41.1 Å². The molecule has 1 amide bonds. The summed E-state index contributed by atoms with van der Waals surface area (Å²) >= 11 is 0. The van der Waals surface area contributed by atoms with Gasteiger partial charge in [0.05, 0.1) is 0 Å². The minimum Gasteiger partial charge on any atom is -0.326 e. The summed E-state index contributed by atoms with van der Waals surface area (Å²) < 4.78 is 0. The van der Waals surface area contributed by atoms with E-state index < -0.39 is 0 Å². The molecule has 0 saturated carbocycles. The molecule has 2 N–H and O–H groups in total. The number of carbonyl (C=O) groups is 1. The first-order valence-electron chi connectivity index (χ1n) is 9.38. The average molecular weight is 373 g/mol. The summed E-state index contributed by atoms with van der Waals surface area (Å²) in [6.07, 6.45) is 6.84. The number of aryl methyl sites for hydroxylation is 1. The summed E-state index contributed by atoms with van der Waals surface area (Å²) in [5.74, 6) is 0.00654. The molecule has 0 spiro atoms. The molecular formula is C22H29ClN2O. The number of carbonyl (C=O) groups excluding carboxylic acids is 1. The molecule has 3 nitrogen and oxygen atoms in total. The molecule has 1 atom stereocenters. The number of amides is 1. The van der Waals surface area contributed by atoms with Crippen LogP contribution in [0.2, 0.25) is 0 Å². The lowest BCUT2D eigenvalue weighted by Gasteiger charge is -2.27. The van der Waals surface area contributed by atoms with Crippen molar-refractivity contribution in [2.24, 2.45) is 0 Å². The van der Waals surface area contributed by atoms with Crippen LogP contribution in [0, 0.1) is 0 Å². The van der Waals surface area contributed by atoms with Gasteiger partial charge in [0, 0.05) is 18.7 Å². The molecule has 0 saturated heterocycles. The van der Waals surface area contributed by atoms with Gasteiger partial charge in [-0.15, -0.1) is 12.4 Å². The van der Waals surface area contributed by atoms with E-state index in [1.54, 1.807) is 6.92 Å². The van der Waals surface area contributed by atoms with Gasteiger partial charge in [0.1, 0.15) is 0 Å². The van der Waals surface area contributed by atoms with Crippen LogP contribution in [-0.4, -0.2) is 18.5 Å². The fourth-order valence-electron chi connectivity index (χ4n) is 3.69. The van der Waals surface area contributed by atoms with Gasteiger partial charge in [0.25, 0.3) is 0 Å². The average Bonchev–Trinajstić information content (AvgIpc) is 2.62. The number of nitrogens with one attached hydrogen (secondary N) is 2. The monoisotopic (exact) mass is 372 g/mol. The Morgan fingerprint density at radius 3 is 2.65 bits per heavy atom. The quantitative estimate of drug-likeness (QED) is 0.701. The van der Waals surface area contributed by atoms with E-state index in [4.69, 9.17) is 0 Å². The smallest absolute Gasteiger partial charge is 0.221 e. The Kier molecular flexibility index (Phi) is 8.14. The molecule has 4 heteroatoms. The van der Waals surface area contributed by atoms with E-state index >= 15 is 0 Å². The van der Waals surface area contributed by atoms with Gasteiger partial charge in [-0.1, -0.05) is 42.5 Å². The van der Waals surface area contributed by atoms with Crippen LogP contribution in [0.4, 0.5) is 5.69 Å². The van der Waals surface area contributed by atoms with Crippen molar-refractivity contribution in [1.29, 1.82) is 0 Å². The van der Waals surface area contributed by atoms with E-state index in [9.17, 15) is 4.79 Å². The first-order chi connectivity index (χ1) is 12.2. The van der Waals surface area contributed by atoms with Gasteiger partial charge in [0.15, 0.2) is 0 Å². The molecule has 2 aromatic rings. The number of halogens is 1. The van der Waals surface area contributed by atoms with Crippen molar-refractivity contribution in [3.05, 3.63) is 65.2 Å². The standard InChI is InChI=1S/C22H28N2O.ClH/c1-17(25)24-22-12-7-11-19-16-20(13-14-21(19)22)23-15-6-5-10-18-8-3-2-4-9-18;/h2-4,7-9,11-12,20,23H,5-6,10,13-16H2,1H3,(H,24,25);1H. The highest BCUT2D eigenvalue weighted by Gasteiger charge is 2.20. The number of unbranched alkanes of at least 4 members (excludes halogenated alkanes) is 1. The minimum atomic E-state index is 0. The van der Waals surface area contributed by atoms with Gasteiger partial charge in [-0.05, 0) is 67.8 Å². The molecule has 2 aromatic carbocycles. The minimum absolute atomic E-state index is 0. The van der Waals surface area contributed by atoms with Crippen LogP contribution >= 0.6 is 12.4 Å². The largest absolute Gasteiger partial charge is 0.326 e. The maximum Gasteiger partial charge on any atom is 0.221 e. The van der Waals surface area contributed by atoms with E-state index in [0.717, 1.165) is 37.9 Å². The lowest BCUT2D eigenvalue weighted by molar-refractivity contribution is -0.114. The van der Waals surface area contributed by atoms with Gasteiger partial charge in [0.2, 0.25) is 5.91 Å². The maximum absolute atomic E-state index is 11.3. The first-order valence-corrected chi connectivity index (χ1v) is 9.38. The van der Waals surface area contributed by atoms with Crippen molar-refractivity contribution in [2.45, 2.75) is 51.5 Å². The van der Waals surface area contributed by atoms with Gasteiger partial charge < -0.3 is 10.6 Å². The van der Waals surface area contributed by atoms with Crippen LogP contribution in [0.25, 0.3) is 0 Å². The molecule has 0 heterocycles. The van der Waals surface area contributed by atoms with Gasteiger partial charge >= 0.3 is 0 Å². The fourth-order valence-corrected chi connectivity index (χ4v) is 3.69. The zero-order chi connectivity index (χ0) is 17.5. The Labute approximate surface area is 163 Å².